The van der Waals surface area contributed by atoms with E-state index in [0.29, 0.717) is 6.04 Å². The Bertz CT molecular complexity index is 505. The van der Waals surface area contributed by atoms with Crippen LogP contribution in [0.15, 0.2) is 37.1 Å². The van der Waals surface area contributed by atoms with Gasteiger partial charge in [-0.25, -0.2) is 9.97 Å². The van der Waals surface area contributed by atoms with Gasteiger partial charge in [0.2, 0.25) is 0 Å². The summed E-state index contributed by atoms with van der Waals surface area (Å²) in [5.41, 5.74) is 1.04. The number of rotatable bonds is 6. The molecule has 5 nitrogen and oxygen atoms in total. The van der Waals surface area contributed by atoms with Crippen molar-refractivity contribution in [2.24, 2.45) is 5.92 Å². The molecule has 1 atom stereocenters. The Balaban J connectivity index is 1.68. The molecule has 0 spiro atoms. The van der Waals surface area contributed by atoms with Crippen LogP contribution in [0.1, 0.15) is 12.8 Å². The van der Waals surface area contributed by atoms with Gasteiger partial charge < -0.3 is 10.1 Å². The molecule has 0 radical (unpaired) electrons. The van der Waals surface area contributed by atoms with Crippen LogP contribution in [0.4, 0.5) is 5.69 Å². The third-order valence-corrected chi connectivity index (χ3v) is 3.41. The molecule has 1 unspecified atom stereocenters. The summed E-state index contributed by atoms with van der Waals surface area (Å²) < 4.78 is 7.15. The zero-order chi connectivity index (χ0) is 13.1. The second kappa shape index (κ2) is 5.40. The Hall–Kier alpha value is -1.88. The highest BCUT2D eigenvalue weighted by Crippen LogP contribution is 2.34. The summed E-state index contributed by atoms with van der Waals surface area (Å²) >= 11 is 0. The van der Waals surface area contributed by atoms with Gasteiger partial charge in [0.1, 0.15) is 12.1 Å². The smallest absolute Gasteiger partial charge is 0.137 e. The summed E-state index contributed by atoms with van der Waals surface area (Å²) in [7, 11) is 1.75. The first-order chi connectivity index (χ1) is 9.36. The zero-order valence-corrected chi connectivity index (χ0v) is 11.0. The van der Waals surface area contributed by atoms with Crippen LogP contribution in [0.25, 0.3) is 5.82 Å². The molecule has 2 aromatic heterocycles. The number of imidazole rings is 1. The van der Waals surface area contributed by atoms with E-state index in [1.807, 2.05) is 29.1 Å². The average Bonchev–Trinajstić information content (AvgIpc) is 3.14. The maximum atomic E-state index is 5.26. The van der Waals surface area contributed by atoms with Crippen LogP contribution in [0.3, 0.4) is 0 Å². The highest BCUT2D eigenvalue weighted by molar-refractivity contribution is 5.44. The fourth-order valence-corrected chi connectivity index (χ4v) is 2.21. The third kappa shape index (κ3) is 2.93. The summed E-state index contributed by atoms with van der Waals surface area (Å²) in [6.07, 6.45) is 9.82. The van der Waals surface area contributed by atoms with Gasteiger partial charge in [0.05, 0.1) is 24.5 Å². The first-order valence-electron chi connectivity index (χ1n) is 6.56. The minimum absolute atomic E-state index is 0.394. The van der Waals surface area contributed by atoms with E-state index in [0.717, 1.165) is 24.0 Å². The van der Waals surface area contributed by atoms with Crippen molar-refractivity contribution >= 4 is 5.69 Å². The normalized spacial score (nSPS) is 16.3. The maximum Gasteiger partial charge on any atom is 0.137 e. The highest BCUT2D eigenvalue weighted by atomic mass is 16.5. The largest absolute Gasteiger partial charge is 0.383 e. The number of pyridine rings is 1. The molecule has 5 heteroatoms. The van der Waals surface area contributed by atoms with E-state index in [-0.39, 0.29) is 0 Å². The van der Waals surface area contributed by atoms with Crippen molar-refractivity contribution in [2.75, 3.05) is 19.0 Å². The van der Waals surface area contributed by atoms with E-state index in [1.165, 1.54) is 12.8 Å². The number of aromatic nitrogens is 3. The molecule has 0 saturated heterocycles. The second-order valence-electron chi connectivity index (χ2n) is 4.92. The summed E-state index contributed by atoms with van der Waals surface area (Å²) in [4.78, 5) is 8.45. The maximum absolute atomic E-state index is 5.26. The molecule has 0 aromatic carbocycles. The van der Waals surface area contributed by atoms with Gasteiger partial charge in [-0.3, -0.25) is 4.57 Å². The lowest BCUT2D eigenvalue weighted by molar-refractivity contribution is 0.179. The zero-order valence-electron chi connectivity index (χ0n) is 11.0. The molecule has 3 rings (SSSR count). The Morgan fingerprint density at radius 1 is 1.47 bits per heavy atom. The Kier molecular flexibility index (Phi) is 3.46. The topological polar surface area (TPSA) is 52.0 Å². The van der Waals surface area contributed by atoms with Gasteiger partial charge in [0.25, 0.3) is 0 Å². The van der Waals surface area contributed by atoms with E-state index in [2.05, 4.69) is 15.3 Å². The van der Waals surface area contributed by atoms with E-state index in [9.17, 15) is 0 Å². The van der Waals surface area contributed by atoms with Gasteiger partial charge in [0.15, 0.2) is 0 Å². The van der Waals surface area contributed by atoms with Gasteiger partial charge in [-0.1, -0.05) is 0 Å². The van der Waals surface area contributed by atoms with Crippen molar-refractivity contribution in [3.63, 3.8) is 0 Å². The average molecular weight is 258 g/mol. The molecule has 100 valence electrons. The first kappa shape index (κ1) is 12.2. The van der Waals surface area contributed by atoms with Crippen molar-refractivity contribution in [3.05, 3.63) is 37.1 Å². The lowest BCUT2D eigenvalue weighted by atomic mass is 10.2. The molecule has 1 aliphatic carbocycles. The molecule has 0 bridgehead atoms. The van der Waals surface area contributed by atoms with Gasteiger partial charge in [-0.15, -0.1) is 0 Å². The molecule has 0 amide bonds. The Morgan fingerprint density at radius 3 is 2.95 bits per heavy atom. The molecular formula is C14H18N4O. The molecule has 1 aliphatic rings. The number of anilines is 1. The summed E-state index contributed by atoms with van der Waals surface area (Å²) in [6, 6.07) is 4.43. The van der Waals surface area contributed by atoms with Crippen LogP contribution in [-0.4, -0.2) is 34.3 Å². The minimum atomic E-state index is 0.394. The monoisotopic (exact) mass is 258 g/mol. The van der Waals surface area contributed by atoms with E-state index < -0.39 is 0 Å². The molecule has 2 heterocycles. The molecule has 19 heavy (non-hydrogen) atoms. The predicted octanol–water partition coefficient (Wildman–Crippen LogP) is 2.10. The van der Waals surface area contributed by atoms with E-state index in [4.69, 9.17) is 4.74 Å². The van der Waals surface area contributed by atoms with Gasteiger partial charge >= 0.3 is 0 Å². The van der Waals surface area contributed by atoms with Gasteiger partial charge in [-0.2, -0.15) is 0 Å². The SMILES string of the molecule is COCC(Nc1ccc(-n2ccnc2)nc1)C1CC1. The lowest BCUT2D eigenvalue weighted by Crippen LogP contribution is -2.27. The van der Waals surface area contributed by atoms with Crippen molar-refractivity contribution in [1.82, 2.24) is 14.5 Å². The van der Waals surface area contributed by atoms with Crippen LogP contribution in [0.2, 0.25) is 0 Å². The fraction of sp³-hybridized carbons (Fsp3) is 0.429. The second-order valence-corrected chi connectivity index (χ2v) is 4.92. The predicted molar refractivity (Wildman–Crippen MR) is 73.4 cm³/mol. The van der Waals surface area contributed by atoms with Crippen molar-refractivity contribution in [2.45, 2.75) is 18.9 Å². The number of hydrogen-bond donors (Lipinski definition) is 1. The number of ether oxygens (including phenoxy) is 1. The summed E-state index contributed by atoms with van der Waals surface area (Å²) in [5.74, 6) is 1.62. The molecule has 1 fully saturated rings. The molecular weight excluding hydrogens is 240 g/mol. The van der Waals surface area contributed by atoms with E-state index >= 15 is 0 Å². The number of nitrogens with one attached hydrogen (secondary N) is 1. The van der Waals surface area contributed by atoms with Crippen molar-refractivity contribution in [3.8, 4) is 5.82 Å². The quantitative estimate of drug-likeness (QED) is 0.862. The van der Waals surface area contributed by atoms with Crippen molar-refractivity contribution < 1.29 is 4.74 Å². The number of nitrogens with zero attached hydrogens (tertiary/aromatic N) is 3. The van der Waals surface area contributed by atoms with Crippen LogP contribution in [0, 0.1) is 5.92 Å². The van der Waals surface area contributed by atoms with Crippen LogP contribution in [0.5, 0.6) is 0 Å². The highest BCUT2D eigenvalue weighted by Gasteiger charge is 2.31. The third-order valence-electron chi connectivity index (χ3n) is 3.41. The fourth-order valence-electron chi connectivity index (χ4n) is 2.21. The molecule has 1 N–H and O–H groups in total. The summed E-state index contributed by atoms with van der Waals surface area (Å²) in [5, 5.41) is 3.50. The minimum Gasteiger partial charge on any atom is -0.383 e. The van der Waals surface area contributed by atoms with Crippen LogP contribution < -0.4 is 5.32 Å². The standard InChI is InChI=1S/C14H18N4O/c1-19-9-13(11-2-3-11)17-12-4-5-14(16-8-12)18-7-6-15-10-18/h4-8,10-11,13,17H,2-3,9H2,1H3. The van der Waals surface area contributed by atoms with Crippen LogP contribution in [-0.2, 0) is 4.74 Å². The Morgan fingerprint density at radius 2 is 2.37 bits per heavy atom. The Labute approximate surface area is 112 Å². The van der Waals surface area contributed by atoms with Crippen molar-refractivity contribution in [1.29, 1.82) is 0 Å². The van der Waals surface area contributed by atoms with Gasteiger partial charge in [0, 0.05) is 19.5 Å². The number of hydrogen-bond acceptors (Lipinski definition) is 4. The van der Waals surface area contributed by atoms with Gasteiger partial charge in [-0.05, 0) is 30.9 Å². The molecule has 0 aliphatic heterocycles. The lowest BCUT2D eigenvalue weighted by Gasteiger charge is -2.18. The first-order valence-corrected chi connectivity index (χ1v) is 6.56. The molecule has 1 saturated carbocycles. The van der Waals surface area contributed by atoms with E-state index in [1.54, 1.807) is 19.6 Å². The number of methoxy groups -OCH3 is 1. The van der Waals surface area contributed by atoms with Crippen LogP contribution >= 0.6 is 0 Å². The molecule has 2 aromatic rings. The summed E-state index contributed by atoms with van der Waals surface area (Å²) in [6.45, 7) is 0.744.